The molecule has 1 heterocycles. The zero-order valence-electron chi connectivity index (χ0n) is 11.6. The van der Waals surface area contributed by atoms with E-state index in [1.807, 2.05) is 19.2 Å². The summed E-state index contributed by atoms with van der Waals surface area (Å²) in [6.45, 7) is 3.03. The Labute approximate surface area is 126 Å². The number of nitrogens with zero attached hydrogens (tertiary/aromatic N) is 3. The molecule has 1 aromatic heterocycles. The second-order valence-electron chi connectivity index (χ2n) is 4.73. The maximum Gasteiger partial charge on any atom is 0.153 e. The van der Waals surface area contributed by atoms with Crippen molar-refractivity contribution in [3.8, 4) is 0 Å². The summed E-state index contributed by atoms with van der Waals surface area (Å²) >= 11 is 3.44. The molecule has 0 bridgehead atoms. The third-order valence-electron chi connectivity index (χ3n) is 3.15. The molecule has 1 unspecified atom stereocenters. The molecule has 2 rings (SSSR count). The molecule has 0 aliphatic carbocycles. The first-order valence-corrected chi connectivity index (χ1v) is 7.44. The van der Waals surface area contributed by atoms with Crippen molar-refractivity contribution in [2.24, 2.45) is 7.05 Å². The van der Waals surface area contributed by atoms with E-state index in [0.717, 1.165) is 35.2 Å². The largest absolute Gasteiger partial charge is 0.308 e. The molecule has 108 valence electrons. The molecule has 1 aromatic carbocycles. The molecule has 2 aromatic rings. The summed E-state index contributed by atoms with van der Waals surface area (Å²) in [5.41, 5.74) is 2.08. The van der Waals surface area contributed by atoms with E-state index in [4.69, 9.17) is 0 Å². The minimum atomic E-state index is -0.213. The van der Waals surface area contributed by atoms with Crippen molar-refractivity contribution in [2.45, 2.75) is 25.8 Å². The summed E-state index contributed by atoms with van der Waals surface area (Å²) in [5.74, 6) is -0.213. The maximum absolute atomic E-state index is 13.0. The molecule has 1 N–H and O–H groups in total. The van der Waals surface area contributed by atoms with Crippen LogP contribution in [0.25, 0.3) is 0 Å². The molecule has 0 fully saturated rings. The molecule has 0 spiro atoms. The van der Waals surface area contributed by atoms with E-state index in [9.17, 15) is 4.39 Å². The first-order valence-electron chi connectivity index (χ1n) is 6.64. The molecule has 0 aliphatic heterocycles. The van der Waals surface area contributed by atoms with Crippen molar-refractivity contribution >= 4 is 15.9 Å². The van der Waals surface area contributed by atoms with Crippen LogP contribution in [0.3, 0.4) is 0 Å². The van der Waals surface area contributed by atoms with Crippen molar-refractivity contribution in [1.29, 1.82) is 0 Å². The van der Waals surface area contributed by atoms with E-state index >= 15 is 0 Å². The van der Waals surface area contributed by atoms with Gasteiger partial charge < -0.3 is 5.32 Å². The van der Waals surface area contributed by atoms with Gasteiger partial charge in [0, 0.05) is 7.05 Å². The minimum absolute atomic E-state index is 0.0924. The van der Waals surface area contributed by atoms with Crippen LogP contribution in [0.2, 0.25) is 0 Å². The Kier molecular flexibility index (Phi) is 5.25. The van der Waals surface area contributed by atoms with Gasteiger partial charge >= 0.3 is 0 Å². The number of halogens is 2. The topological polar surface area (TPSA) is 42.7 Å². The zero-order valence-corrected chi connectivity index (χ0v) is 13.2. The molecule has 20 heavy (non-hydrogen) atoms. The van der Waals surface area contributed by atoms with Crippen molar-refractivity contribution in [1.82, 2.24) is 20.3 Å². The second-order valence-corrected chi connectivity index (χ2v) is 5.48. The van der Waals surface area contributed by atoms with Gasteiger partial charge in [-0.15, -0.1) is 5.10 Å². The third-order valence-corrected chi connectivity index (χ3v) is 3.72. The van der Waals surface area contributed by atoms with E-state index < -0.39 is 0 Å². The summed E-state index contributed by atoms with van der Waals surface area (Å²) in [6, 6.07) is 6.70. The molecule has 4 nitrogen and oxygen atoms in total. The van der Waals surface area contributed by atoms with Crippen LogP contribution in [0, 0.1) is 5.82 Å². The standard InChI is InChI=1S/C14H18BrFN4/c1-3-8-17-12(13-14(15)18-19-20(13)2)9-10-4-6-11(16)7-5-10/h4-7,12,17H,3,8-9H2,1-2H3. The number of aromatic nitrogens is 3. The Morgan fingerprint density at radius 2 is 2.05 bits per heavy atom. The Balaban J connectivity index is 2.21. The van der Waals surface area contributed by atoms with Gasteiger partial charge in [-0.3, -0.25) is 0 Å². The van der Waals surface area contributed by atoms with E-state index in [-0.39, 0.29) is 11.9 Å². The molecule has 6 heteroatoms. The van der Waals surface area contributed by atoms with Gasteiger partial charge in [-0.2, -0.15) is 0 Å². The number of nitrogens with one attached hydrogen (secondary N) is 1. The summed E-state index contributed by atoms with van der Waals surface area (Å²) in [6.07, 6.45) is 1.81. The molecule has 0 radical (unpaired) electrons. The smallest absolute Gasteiger partial charge is 0.153 e. The molecule has 0 amide bonds. The fraction of sp³-hybridized carbons (Fsp3) is 0.429. The van der Waals surface area contributed by atoms with E-state index in [0.29, 0.717) is 0 Å². The average molecular weight is 341 g/mol. The SMILES string of the molecule is CCCNC(Cc1ccc(F)cc1)c1c(Br)nnn1C. The number of rotatable bonds is 6. The molecular formula is C14H18BrFN4. The highest BCUT2D eigenvalue weighted by atomic mass is 79.9. The number of hydrogen-bond donors (Lipinski definition) is 1. The summed E-state index contributed by atoms with van der Waals surface area (Å²) in [4.78, 5) is 0. The van der Waals surface area contributed by atoms with Crippen LogP contribution in [-0.2, 0) is 13.5 Å². The Hall–Kier alpha value is -1.27. The van der Waals surface area contributed by atoms with Gasteiger partial charge in [0.15, 0.2) is 4.60 Å². The monoisotopic (exact) mass is 340 g/mol. The van der Waals surface area contributed by atoms with Crippen LogP contribution in [0.15, 0.2) is 28.9 Å². The lowest BCUT2D eigenvalue weighted by Crippen LogP contribution is -2.26. The zero-order chi connectivity index (χ0) is 14.5. The highest BCUT2D eigenvalue weighted by molar-refractivity contribution is 9.10. The van der Waals surface area contributed by atoms with Crippen LogP contribution in [-0.4, -0.2) is 21.5 Å². The lowest BCUT2D eigenvalue weighted by molar-refractivity contribution is 0.490. The van der Waals surface area contributed by atoms with Crippen LogP contribution >= 0.6 is 15.9 Å². The number of hydrogen-bond acceptors (Lipinski definition) is 3. The van der Waals surface area contributed by atoms with Gasteiger partial charge in [-0.25, -0.2) is 9.07 Å². The fourth-order valence-corrected chi connectivity index (χ4v) is 2.75. The first kappa shape index (κ1) is 15.1. The highest BCUT2D eigenvalue weighted by Crippen LogP contribution is 2.24. The van der Waals surface area contributed by atoms with Gasteiger partial charge in [0.2, 0.25) is 0 Å². The summed E-state index contributed by atoms with van der Waals surface area (Å²) in [5, 5.41) is 11.5. The number of benzene rings is 1. The Morgan fingerprint density at radius 3 is 2.60 bits per heavy atom. The maximum atomic E-state index is 13.0. The van der Waals surface area contributed by atoms with Gasteiger partial charge in [0.1, 0.15) is 5.82 Å². The predicted octanol–water partition coefficient (Wildman–Crippen LogP) is 3.00. The predicted molar refractivity (Wildman–Crippen MR) is 79.8 cm³/mol. The highest BCUT2D eigenvalue weighted by Gasteiger charge is 2.20. The molecule has 1 atom stereocenters. The van der Waals surface area contributed by atoms with Crippen molar-refractivity contribution in [2.75, 3.05) is 6.54 Å². The second kappa shape index (κ2) is 6.95. The van der Waals surface area contributed by atoms with Gasteiger partial charge in [-0.05, 0) is 53.0 Å². The van der Waals surface area contributed by atoms with Crippen LogP contribution < -0.4 is 5.32 Å². The third kappa shape index (κ3) is 3.64. The fourth-order valence-electron chi connectivity index (χ4n) is 2.15. The van der Waals surface area contributed by atoms with E-state index in [2.05, 4.69) is 38.5 Å². The van der Waals surface area contributed by atoms with Crippen molar-refractivity contribution < 1.29 is 4.39 Å². The Morgan fingerprint density at radius 1 is 1.35 bits per heavy atom. The molecule has 0 saturated carbocycles. The van der Waals surface area contributed by atoms with Gasteiger partial charge in [0.05, 0.1) is 11.7 Å². The van der Waals surface area contributed by atoms with Crippen LogP contribution in [0.4, 0.5) is 4.39 Å². The van der Waals surface area contributed by atoms with E-state index in [1.54, 1.807) is 4.68 Å². The van der Waals surface area contributed by atoms with Gasteiger partial charge in [0.25, 0.3) is 0 Å². The minimum Gasteiger partial charge on any atom is -0.308 e. The molecule has 0 saturated heterocycles. The van der Waals surface area contributed by atoms with E-state index in [1.165, 1.54) is 12.1 Å². The van der Waals surface area contributed by atoms with Crippen LogP contribution in [0.5, 0.6) is 0 Å². The van der Waals surface area contributed by atoms with Crippen LogP contribution in [0.1, 0.15) is 30.6 Å². The van der Waals surface area contributed by atoms with Crippen molar-refractivity contribution in [3.05, 3.63) is 45.9 Å². The average Bonchev–Trinajstić information content (AvgIpc) is 2.77. The van der Waals surface area contributed by atoms with Crippen molar-refractivity contribution in [3.63, 3.8) is 0 Å². The summed E-state index contributed by atoms with van der Waals surface area (Å²) < 4.78 is 15.5. The number of aryl methyl sites for hydroxylation is 1. The molecule has 0 aliphatic rings. The quantitative estimate of drug-likeness (QED) is 0.878. The first-order chi connectivity index (χ1) is 9.61. The lowest BCUT2D eigenvalue weighted by atomic mass is 10.0. The Bertz CT molecular complexity index is 533. The molecular weight excluding hydrogens is 323 g/mol. The lowest BCUT2D eigenvalue weighted by Gasteiger charge is -2.19. The van der Waals surface area contributed by atoms with Gasteiger partial charge in [-0.1, -0.05) is 24.3 Å². The normalized spacial score (nSPS) is 12.6. The summed E-state index contributed by atoms with van der Waals surface area (Å²) in [7, 11) is 1.87.